The van der Waals surface area contributed by atoms with E-state index in [0.717, 1.165) is 0 Å². The van der Waals surface area contributed by atoms with E-state index in [-0.39, 0.29) is 29.7 Å². The predicted molar refractivity (Wildman–Crippen MR) is 123 cm³/mol. The van der Waals surface area contributed by atoms with Crippen LogP contribution >= 0.6 is 0 Å². The minimum Gasteiger partial charge on any atom is -0.497 e. The van der Waals surface area contributed by atoms with Crippen molar-refractivity contribution in [2.75, 3.05) is 20.2 Å². The van der Waals surface area contributed by atoms with Gasteiger partial charge in [0.2, 0.25) is 5.91 Å². The Morgan fingerprint density at radius 1 is 0.939 bits per heavy atom. The van der Waals surface area contributed by atoms with Crippen molar-refractivity contribution >= 4 is 17.7 Å². The van der Waals surface area contributed by atoms with Crippen molar-refractivity contribution in [1.29, 1.82) is 0 Å². The van der Waals surface area contributed by atoms with Gasteiger partial charge < -0.3 is 20.3 Å². The van der Waals surface area contributed by atoms with Crippen molar-refractivity contribution < 1.29 is 23.5 Å². The number of carbonyl (C=O) groups excluding carboxylic acids is 3. The fraction of sp³-hybridized carbons (Fsp3) is 0.400. The second-order valence-corrected chi connectivity index (χ2v) is 8.48. The number of ether oxygens (including phenoxy) is 1. The van der Waals surface area contributed by atoms with Gasteiger partial charge in [-0.3, -0.25) is 14.4 Å². The third kappa shape index (κ3) is 6.31. The molecule has 1 aliphatic heterocycles. The van der Waals surface area contributed by atoms with E-state index in [4.69, 9.17) is 4.74 Å². The molecule has 7 nitrogen and oxygen atoms in total. The zero-order chi connectivity index (χ0) is 24.0. The third-order valence-electron chi connectivity index (χ3n) is 5.74. The highest BCUT2D eigenvalue weighted by molar-refractivity contribution is 5.98. The summed E-state index contributed by atoms with van der Waals surface area (Å²) in [6.45, 7) is 4.63. The Bertz CT molecular complexity index is 968. The van der Waals surface area contributed by atoms with Gasteiger partial charge in [-0.05, 0) is 81.1 Å². The molecule has 0 bridgehead atoms. The van der Waals surface area contributed by atoms with Gasteiger partial charge in [-0.2, -0.15) is 0 Å². The lowest BCUT2D eigenvalue weighted by atomic mass is 9.88. The Morgan fingerprint density at radius 3 is 2.06 bits per heavy atom. The quantitative estimate of drug-likeness (QED) is 0.672. The monoisotopic (exact) mass is 455 g/mol. The highest BCUT2D eigenvalue weighted by Crippen LogP contribution is 2.23. The molecule has 2 aromatic rings. The number of amides is 3. The summed E-state index contributed by atoms with van der Waals surface area (Å²) in [5.41, 5.74) is 0.860. The van der Waals surface area contributed by atoms with Crippen LogP contribution in [0.1, 0.15) is 47.4 Å². The van der Waals surface area contributed by atoms with Crippen LogP contribution in [0.15, 0.2) is 48.5 Å². The average molecular weight is 456 g/mol. The van der Waals surface area contributed by atoms with Crippen molar-refractivity contribution in [3.05, 3.63) is 65.5 Å². The summed E-state index contributed by atoms with van der Waals surface area (Å²) in [4.78, 5) is 40.2. The summed E-state index contributed by atoms with van der Waals surface area (Å²) < 4.78 is 18.3. The zero-order valence-electron chi connectivity index (χ0n) is 19.1. The van der Waals surface area contributed by atoms with Crippen LogP contribution in [0.3, 0.4) is 0 Å². The summed E-state index contributed by atoms with van der Waals surface area (Å²) in [7, 11) is 1.55. The fourth-order valence-corrected chi connectivity index (χ4v) is 3.95. The molecule has 0 saturated carbocycles. The smallest absolute Gasteiger partial charge is 0.253 e. The number of piperidine rings is 1. The van der Waals surface area contributed by atoms with Crippen LogP contribution in [0.2, 0.25) is 0 Å². The molecule has 0 radical (unpaired) electrons. The number of carbonyl (C=O) groups is 3. The van der Waals surface area contributed by atoms with Crippen molar-refractivity contribution in [1.82, 2.24) is 15.5 Å². The molecule has 176 valence electrons. The summed E-state index contributed by atoms with van der Waals surface area (Å²) in [5.74, 6) is -0.626. The van der Waals surface area contributed by atoms with Crippen molar-refractivity contribution in [3.8, 4) is 5.75 Å². The molecule has 33 heavy (non-hydrogen) atoms. The Morgan fingerprint density at radius 2 is 1.52 bits per heavy atom. The van der Waals surface area contributed by atoms with E-state index in [1.165, 1.54) is 24.3 Å². The second kappa shape index (κ2) is 10.9. The van der Waals surface area contributed by atoms with E-state index in [0.29, 0.717) is 42.8 Å². The first kappa shape index (κ1) is 24.2. The number of nitrogens with one attached hydrogen (secondary N) is 2. The number of benzene rings is 2. The number of hydrogen-bond acceptors (Lipinski definition) is 4. The van der Waals surface area contributed by atoms with Crippen LogP contribution in [-0.4, -0.2) is 54.9 Å². The molecule has 2 N–H and O–H groups in total. The molecule has 8 heteroatoms. The molecule has 1 fully saturated rings. The lowest BCUT2D eigenvalue weighted by Gasteiger charge is -2.36. The minimum atomic E-state index is -0.718. The van der Waals surface area contributed by atoms with Gasteiger partial charge in [0.05, 0.1) is 7.11 Å². The van der Waals surface area contributed by atoms with Crippen molar-refractivity contribution in [3.63, 3.8) is 0 Å². The first-order chi connectivity index (χ1) is 15.8. The van der Waals surface area contributed by atoms with Gasteiger partial charge >= 0.3 is 0 Å². The number of rotatable bonds is 7. The number of likely N-dealkylation sites (tertiary alicyclic amines) is 1. The Labute approximate surface area is 193 Å². The third-order valence-corrected chi connectivity index (χ3v) is 5.74. The predicted octanol–water partition coefficient (Wildman–Crippen LogP) is 3.01. The largest absolute Gasteiger partial charge is 0.497 e. The molecule has 1 aliphatic rings. The molecule has 3 amide bonds. The van der Waals surface area contributed by atoms with Crippen molar-refractivity contribution in [2.45, 2.75) is 38.8 Å². The maximum Gasteiger partial charge on any atom is 0.253 e. The summed E-state index contributed by atoms with van der Waals surface area (Å²) >= 11 is 0. The van der Waals surface area contributed by atoms with E-state index < -0.39 is 11.9 Å². The SMILES string of the molecule is COc1ccc(C(=O)N[C@@H](C(=O)NC(C)C)C2CCN(C(=O)c3ccc(F)cc3)CC2)cc1. The summed E-state index contributed by atoms with van der Waals surface area (Å²) in [6.07, 6.45) is 1.12. The van der Waals surface area contributed by atoms with Gasteiger partial charge in [-0.25, -0.2) is 4.39 Å². The van der Waals surface area contributed by atoms with Crippen LogP contribution in [0.25, 0.3) is 0 Å². The Balaban J connectivity index is 1.68. The molecule has 2 aromatic carbocycles. The molecule has 0 aliphatic carbocycles. The van der Waals surface area contributed by atoms with Crippen LogP contribution in [0.4, 0.5) is 4.39 Å². The van der Waals surface area contributed by atoms with Crippen molar-refractivity contribution in [2.24, 2.45) is 5.92 Å². The van der Waals surface area contributed by atoms with Gasteiger partial charge in [0, 0.05) is 30.3 Å². The summed E-state index contributed by atoms with van der Waals surface area (Å²) in [5, 5.41) is 5.78. The van der Waals surface area contributed by atoms with E-state index in [1.54, 1.807) is 36.3 Å². The van der Waals surface area contributed by atoms with Gasteiger partial charge in [0.15, 0.2) is 0 Å². The molecule has 0 aromatic heterocycles. The minimum absolute atomic E-state index is 0.0713. The van der Waals surface area contributed by atoms with Crippen LogP contribution in [0.5, 0.6) is 5.75 Å². The number of hydrogen-bond donors (Lipinski definition) is 2. The number of halogens is 1. The topological polar surface area (TPSA) is 87.7 Å². The highest BCUT2D eigenvalue weighted by Gasteiger charge is 2.34. The van der Waals surface area contributed by atoms with Gasteiger partial charge in [0.25, 0.3) is 11.8 Å². The van der Waals surface area contributed by atoms with Crippen LogP contribution < -0.4 is 15.4 Å². The maximum absolute atomic E-state index is 13.2. The van der Waals surface area contributed by atoms with E-state index in [2.05, 4.69) is 10.6 Å². The van der Waals surface area contributed by atoms with E-state index >= 15 is 0 Å². The molecule has 1 heterocycles. The lowest BCUT2D eigenvalue weighted by Crippen LogP contribution is -2.54. The lowest BCUT2D eigenvalue weighted by molar-refractivity contribution is -0.125. The molecule has 1 saturated heterocycles. The van der Waals surface area contributed by atoms with E-state index in [9.17, 15) is 18.8 Å². The normalized spacial score (nSPS) is 15.1. The molecular formula is C25H30FN3O4. The Hall–Kier alpha value is -3.42. The maximum atomic E-state index is 13.2. The summed E-state index contributed by atoms with van der Waals surface area (Å²) in [6, 6.07) is 11.4. The number of methoxy groups -OCH3 is 1. The van der Waals surface area contributed by atoms with Crippen LogP contribution in [-0.2, 0) is 4.79 Å². The van der Waals surface area contributed by atoms with E-state index in [1.807, 2.05) is 13.8 Å². The molecular weight excluding hydrogens is 425 g/mol. The first-order valence-electron chi connectivity index (χ1n) is 11.1. The number of nitrogens with zero attached hydrogens (tertiary/aromatic N) is 1. The van der Waals surface area contributed by atoms with Gasteiger partial charge in [-0.1, -0.05) is 0 Å². The second-order valence-electron chi connectivity index (χ2n) is 8.48. The molecule has 0 spiro atoms. The fourth-order valence-electron chi connectivity index (χ4n) is 3.95. The van der Waals surface area contributed by atoms with Crippen LogP contribution in [0, 0.1) is 11.7 Å². The van der Waals surface area contributed by atoms with Gasteiger partial charge in [-0.15, -0.1) is 0 Å². The van der Waals surface area contributed by atoms with Gasteiger partial charge in [0.1, 0.15) is 17.6 Å². The molecule has 3 rings (SSSR count). The Kier molecular flexibility index (Phi) is 8.03. The average Bonchev–Trinajstić information content (AvgIpc) is 2.82. The standard InChI is InChI=1S/C25H30FN3O4/c1-16(2)27-24(31)22(28-23(30)18-6-10-21(33-3)11-7-18)17-12-14-29(15-13-17)25(32)19-4-8-20(26)9-5-19/h4-11,16-17,22H,12-15H2,1-3H3,(H,27,31)(H,28,30)/t22-/m1/s1. The molecule has 1 atom stereocenters. The zero-order valence-corrected chi connectivity index (χ0v) is 19.1. The molecule has 0 unspecified atom stereocenters. The highest BCUT2D eigenvalue weighted by atomic mass is 19.1. The first-order valence-corrected chi connectivity index (χ1v) is 11.1.